The Morgan fingerprint density at radius 3 is 1.03 bits per heavy atom. The number of carbonyl (C=O) groups excluding carboxylic acids is 4. The van der Waals surface area contributed by atoms with Crippen molar-refractivity contribution in [3.63, 3.8) is 0 Å². The third-order valence-corrected chi connectivity index (χ3v) is 31.4. The van der Waals surface area contributed by atoms with Crippen LogP contribution in [0.3, 0.4) is 0 Å². The standard InChI is InChI=1S/C31H36N4O3.C30H35N5O3.C28H31ClN4O3.C28H33N5O3S/c32-31-27-17-30(36)35(28(27)18-29(33-31)38-21-24-11-15-37-16-12-24)20-23-5-9-26(10-6-23)25-7-3-22(4-8-25)19-34-13-1-2-14-34;31-30-26-15-29(36)35(27(26)16-28(33-30)38-20-22-9-13-37-14-10-22)18-21-3-5-23(6-4-21)24-7-8-25(32-17-24)19-34-11-1-2-12-34;1-35-14-15-36-28-25(29)26-23(27(30)31-28)16-24(34)33(26)18-20-6-10-22(11-7-20)21-8-4-19(5-9-21)17-32-12-2-3-13-32;29-28-22-13-27(34)33(24(22)14-25(31-28)36-17-20-7-11-35-12-8-20)15-19-3-5-21(6-4-19)23-18-37-26(30-23)16-32-9-1-2-10-32/h3-10,18,24H,1-2,11-17,19-21H2,(H2,32,33);3-8,16-17,22H,1-2,9-15,18-20H2,(H2,31,33);4-11H,2-3,12-18H2,1H3,(H2,30,31);3-6,14,18,20H,1-2,7-13,15-17H2,(H2,29,31). The normalized spacial score (nSPS) is 17.6. The van der Waals surface area contributed by atoms with Crippen LogP contribution in [-0.2, 0) is 116 Å². The number of benzene rings is 6. The van der Waals surface area contributed by atoms with E-state index < -0.39 is 0 Å². The van der Waals surface area contributed by atoms with Crippen LogP contribution in [-0.4, -0.2) is 205 Å². The van der Waals surface area contributed by atoms with Crippen molar-refractivity contribution in [1.29, 1.82) is 0 Å². The lowest BCUT2D eigenvalue weighted by atomic mass is 10.0. The second kappa shape index (κ2) is 49.2. The largest absolute Gasteiger partial charge is 0.477 e. The minimum atomic E-state index is -0.0629. The molecule has 0 atom stereocenters. The molecule has 17 heterocycles. The number of ether oxygens (including phenoxy) is 8. The van der Waals surface area contributed by atoms with Crippen LogP contribution in [0, 0.1) is 17.8 Å². The smallest absolute Gasteiger partial charge is 0.236 e. The topological polar surface area (TPSA) is 349 Å². The molecular weight excluding hydrogens is 1920 g/mol. The van der Waals surface area contributed by atoms with E-state index in [0.29, 0.717) is 122 Å². The highest BCUT2D eigenvalue weighted by Gasteiger charge is 2.38. The fourth-order valence-corrected chi connectivity index (χ4v) is 22.6. The van der Waals surface area contributed by atoms with E-state index >= 15 is 0 Å². The number of halogens is 1. The number of methoxy groups -OCH3 is 1. The van der Waals surface area contributed by atoms with Crippen LogP contribution in [0.25, 0.3) is 44.6 Å². The monoisotopic (exact) mass is 2050 g/mol. The molecule has 7 fully saturated rings. The fraction of sp³-hybridized carbons (Fsp3) is 0.419. The minimum absolute atomic E-state index is 0.0250. The molecule has 0 unspecified atom stereocenters. The van der Waals surface area contributed by atoms with E-state index in [4.69, 9.17) is 82.4 Å². The van der Waals surface area contributed by atoms with E-state index in [2.05, 4.69) is 191 Å². The van der Waals surface area contributed by atoms with Gasteiger partial charge in [-0.2, -0.15) is 19.9 Å². The lowest BCUT2D eigenvalue weighted by molar-refractivity contribution is -0.118. The van der Waals surface area contributed by atoms with Crippen LogP contribution < -0.4 is 61.5 Å². The van der Waals surface area contributed by atoms with Crippen molar-refractivity contribution in [2.45, 2.75) is 168 Å². The number of thiazole rings is 1. The van der Waals surface area contributed by atoms with Gasteiger partial charge >= 0.3 is 0 Å². The number of nitrogen functional groups attached to an aromatic ring is 4. The Balaban J connectivity index is 0.000000120. The molecular formula is C117H135ClN18O12S. The summed E-state index contributed by atoms with van der Waals surface area (Å²) in [5.74, 6) is 4.43. The third kappa shape index (κ3) is 26.2. The minimum Gasteiger partial charge on any atom is -0.477 e. The molecule has 4 amide bonds. The highest BCUT2D eigenvalue weighted by molar-refractivity contribution is 7.10. The second-order valence-corrected chi connectivity index (χ2v) is 42.1. The van der Waals surface area contributed by atoms with E-state index in [0.717, 1.165) is 194 Å². The first-order chi connectivity index (χ1) is 72.9. The molecule has 11 aliphatic rings. The molecule has 6 aromatic carbocycles. The SMILES string of the molecule is COCCOc1nc(N)c2c(c1Cl)N(Cc1ccc(-c3ccc(CN4CCCC4)cc3)cc1)C(=O)C2.Nc1nc(OCC2CCOCC2)cc2c1CC(=O)N2Cc1ccc(-c2ccc(CN3CCCC3)cc2)cc1.Nc1nc(OCC2CCOCC2)cc2c1CC(=O)N2Cc1ccc(-c2ccc(CN3CCCC3)nc2)cc1.Nc1nc(OCC2CCOCC2)cc2c1CC(=O)N2Cc1ccc(-c2csc(CN3CCCC3)n2)cc1. The molecule has 32 heteroatoms. The number of aromatic nitrogens is 6. The van der Waals surface area contributed by atoms with Gasteiger partial charge in [0, 0.05) is 130 Å². The third-order valence-electron chi connectivity index (χ3n) is 30.3. The van der Waals surface area contributed by atoms with Gasteiger partial charge in [-0.15, -0.1) is 11.3 Å². The van der Waals surface area contributed by atoms with Gasteiger partial charge < -0.3 is 80.4 Å². The van der Waals surface area contributed by atoms with Crippen molar-refractivity contribution in [3.05, 3.63) is 259 Å². The second-order valence-electron chi connectivity index (χ2n) is 40.8. The summed E-state index contributed by atoms with van der Waals surface area (Å²) in [6.45, 7) is 22.3. The van der Waals surface area contributed by atoms with Crippen molar-refractivity contribution < 1.29 is 57.1 Å². The lowest BCUT2D eigenvalue weighted by Crippen LogP contribution is -2.26. The van der Waals surface area contributed by atoms with E-state index in [1.165, 1.54) is 137 Å². The maximum absolute atomic E-state index is 12.9. The maximum atomic E-state index is 12.9. The van der Waals surface area contributed by atoms with Crippen molar-refractivity contribution in [1.82, 2.24) is 49.5 Å². The molecule has 0 radical (unpaired) electrons. The number of pyridine rings is 5. The van der Waals surface area contributed by atoms with Gasteiger partial charge in [0.2, 0.25) is 47.1 Å². The van der Waals surface area contributed by atoms with Crippen molar-refractivity contribution >= 4 is 92.6 Å². The zero-order valence-corrected chi connectivity index (χ0v) is 86.8. The van der Waals surface area contributed by atoms with Crippen molar-refractivity contribution in [2.75, 3.05) is 175 Å². The first kappa shape index (κ1) is 103. The number of rotatable bonds is 33. The Labute approximate surface area is 881 Å². The summed E-state index contributed by atoms with van der Waals surface area (Å²) in [4.78, 5) is 95.7. The van der Waals surface area contributed by atoms with Gasteiger partial charge in [0.05, 0.1) is 119 Å². The van der Waals surface area contributed by atoms with Gasteiger partial charge in [0.15, 0.2) is 0 Å². The molecule has 0 saturated carbocycles. The highest BCUT2D eigenvalue weighted by atomic mass is 35.5. The summed E-state index contributed by atoms with van der Waals surface area (Å²) in [5.41, 5.74) is 47.9. The number of carbonyl (C=O) groups is 4. The van der Waals surface area contributed by atoms with Crippen molar-refractivity contribution in [2.24, 2.45) is 17.8 Å². The molecule has 0 aliphatic carbocycles. The average Bonchev–Trinajstić information content (AvgIpc) is 1.61. The van der Waals surface area contributed by atoms with Crippen LogP contribution in [0.5, 0.6) is 23.5 Å². The number of hydrogen-bond donors (Lipinski definition) is 4. The molecule has 12 aromatic rings. The number of anilines is 8. The van der Waals surface area contributed by atoms with Gasteiger partial charge in [0.25, 0.3) is 0 Å². The molecule has 0 bridgehead atoms. The van der Waals surface area contributed by atoms with Crippen LogP contribution in [0.1, 0.15) is 156 Å². The number of fused-ring (bicyclic) bond motifs is 4. The Bertz CT molecular complexity index is 6390. The Kier molecular flexibility index (Phi) is 34.0. The molecule has 8 N–H and O–H groups in total. The first-order valence-corrected chi connectivity index (χ1v) is 54.3. The molecule has 7 saturated heterocycles. The fourth-order valence-electron chi connectivity index (χ4n) is 21.5. The summed E-state index contributed by atoms with van der Waals surface area (Å²) < 4.78 is 45.0. The lowest BCUT2D eigenvalue weighted by Gasteiger charge is -2.22. The number of amides is 4. The summed E-state index contributed by atoms with van der Waals surface area (Å²) in [6.07, 6.45) is 19.3. The summed E-state index contributed by atoms with van der Waals surface area (Å²) in [5, 5.41) is 3.60. The quantitative estimate of drug-likeness (QED) is 0.0278. The molecule has 23 rings (SSSR count). The maximum Gasteiger partial charge on any atom is 0.236 e. The van der Waals surface area contributed by atoms with E-state index in [1.54, 1.807) is 38.0 Å². The van der Waals surface area contributed by atoms with E-state index in [-0.39, 0.29) is 67.6 Å². The molecule has 0 spiro atoms. The van der Waals surface area contributed by atoms with E-state index in [9.17, 15) is 19.2 Å². The van der Waals surface area contributed by atoms with Gasteiger partial charge in [-0.25, -0.2) is 4.98 Å². The summed E-state index contributed by atoms with van der Waals surface area (Å²) in [7, 11) is 1.59. The van der Waals surface area contributed by atoms with Gasteiger partial charge in [-0.05, 0) is 227 Å². The highest BCUT2D eigenvalue weighted by Crippen LogP contribution is 2.46. The van der Waals surface area contributed by atoms with Gasteiger partial charge in [-0.3, -0.25) is 43.8 Å². The molecule has 30 nitrogen and oxygen atoms in total. The Morgan fingerprint density at radius 1 is 0.349 bits per heavy atom. The van der Waals surface area contributed by atoms with E-state index in [1.807, 2.05) is 36.5 Å². The number of nitrogens with two attached hydrogens (primary N) is 4. The first-order valence-electron chi connectivity index (χ1n) is 53.0. The molecule has 6 aromatic heterocycles. The summed E-state index contributed by atoms with van der Waals surface area (Å²) >= 11 is 8.35. The summed E-state index contributed by atoms with van der Waals surface area (Å²) in [6, 6.07) is 61.0. The molecule has 11 aliphatic heterocycles. The van der Waals surface area contributed by atoms with Crippen LogP contribution in [0.4, 0.5) is 46.0 Å². The number of likely N-dealkylation sites (tertiary alicyclic amines) is 4. The van der Waals surface area contributed by atoms with Crippen LogP contribution >= 0.6 is 22.9 Å². The average molecular weight is 2050 g/mol. The van der Waals surface area contributed by atoms with Gasteiger partial charge in [0.1, 0.15) is 39.9 Å². The predicted octanol–water partition coefficient (Wildman–Crippen LogP) is 18.0. The number of nitrogens with zero attached hydrogens (tertiary/aromatic N) is 14. The van der Waals surface area contributed by atoms with Crippen LogP contribution in [0.2, 0.25) is 5.02 Å². The van der Waals surface area contributed by atoms with Crippen molar-refractivity contribution in [3.8, 4) is 68.2 Å². The molecule has 778 valence electrons. The predicted molar refractivity (Wildman–Crippen MR) is 583 cm³/mol. The number of hydrogen-bond acceptors (Lipinski definition) is 27. The molecule has 149 heavy (non-hydrogen) atoms. The Hall–Kier alpha value is -13.1. The Morgan fingerprint density at radius 2 is 0.664 bits per heavy atom. The zero-order chi connectivity index (χ0) is 102. The van der Waals surface area contributed by atoms with Crippen LogP contribution in [0.15, 0.2) is 188 Å². The van der Waals surface area contributed by atoms with Gasteiger partial charge in [-0.1, -0.05) is 163 Å². The zero-order valence-electron chi connectivity index (χ0n) is 85.2.